The van der Waals surface area contributed by atoms with Gasteiger partial charge < -0.3 is 10.1 Å². The normalized spacial score (nSPS) is 15.1. The summed E-state index contributed by atoms with van der Waals surface area (Å²) in [5, 5.41) is 2.78. The second-order valence-corrected chi connectivity index (χ2v) is 6.33. The number of halogens is 2. The molecule has 0 fully saturated rings. The van der Waals surface area contributed by atoms with Crippen molar-refractivity contribution in [1.29, 1.82) is 0 Å². The van der Waals surface area contributed by atoms with Crippen molar-refractivity contribution < 1.29 is 18.3 Å². The van der Waals surface area contributed by atoms with Gasteiger partial charge in [-0.15, -0.1) is 0 Å². The summed E-state index contributed by atoms with van der Waals surface area (Å²) >= 11 is 0. The lowest BCUT2D eigenvalue weighted by atomic mass is 9.98. The van der Waals surface area contributed by atoms with E-state index in [0.717, 1.165) is 29.0 Å². The van der Waals surface area contributed by atoms with Crippen LogP contribution in [0.3, 0.4) is 0 Å². The highest BCUT2D eigenvalue weighted by atomic mass is 19.1. The third-order valence-electron chi connectivity index (χ3n) is 4.63. The molecule has 4 rings (SSSR count). The number of benzene rings is 2. The Morgan fingerprint density at radius 2 is 2.04 bits per heavy atom. The van der Waals surface area contributed by atoms with Crippen molar-refractivity contribution in [1.82, 2.24) is 10.3 Å². The van der Waals surface area contributed by atoms with Crippen molar-refractivity contribution >= 4 is 5.91 Å². The van der Waals surface area contributed by atoms with E-state index < -0.39 is 17.7 Å². The van der Waals surface area contributed by atoms with Gasteiger partial charge in [-0.2, -0.15) is 0 Å². The zero-order valence-electron chi connectivity index (χ0n) is 14.5. The molecule has 1 N–H and O–H groups in total. The number of rotatable bonds is 3. The summed E-state index contributed by atoms with van der Waals surface area (Å²) in [5.41, 5.74) is 3.02. The van der Waals surface area contributed by atoms with Crippen molar-refractivity contribution in [2.45, 2.75) is 13.0 Å². The van der Waals surface area contributed by atoms with Crippen molar-refractivity contribution in [3.05, 3.63) is 83.1 Å². The SMILES string of the molecule is Cc1c(C(=O)NC2COc3cc(F)cc(F)c32)cccc1-c1ccccn1. The van der Waals surface area contributed by atoms with E-state index in [-0.39, 0.29) is 23.8 Å². The van der Waals surface area contributed by atoms with Crippen molar-refractivity contribution in [3.8, 4) is 17.0 Å². The zero-order valence-corrected chi connectivity index (χ0v) is 14.5. The van der Waals surface area contributed by atoms with E-state index >= 15 is 0 Å². The first kappa shape index (κ1) is 17.1. The smallest absolute Gasteiger partial charge is 0.252 e. The predicted octanol–water partition coefficient (Wildman–Crippen LogP) is 4.20. The predicted molar refractivity (Wildman–Crippen MR) is 96.5 cm³/mol. The van der Waals surface area contributed by atoms with E-state index in [4.69, 9.17) is 4.74 Å². The fraction of sp³-hybridized carbons (Fsp3) is 0.143. The van der Waals surface area contributed by atoms with Crippen LogP contribution in [0.5, 0.6) is 5.75 Å². The molecule has 2 aromatic carbocycles. The largest absolute Gasteiger partial charge is 0.490 e. The standard InChI is InChI=1S/C21H16F2N2O2/c1-12-14(17-7-2-3-8-24-17)5-4-6-15(12)21(26)25-18-11-27-19-10-13(22)9-16(23)20(18)19/h2-10,18H,11H2,1H3,(H,25,26). The van der Waals surface area contributed by atoms with Crippen LogP contribution in [0.1, 0.15) is 27.5 Å². The van der Waals surface area contributed by atoms with Gasteiger partial charge in [0.05, 0.1) is 17.3 Å². The average molecular weight is 366 g/mol. The Balaban J connectivity index is 1.63. The van der Waals surface area contributed by atoms with Crippen molar-refractivity contribution in [2.24, 2.45) is 0 Å². The number of nitrogens with one attached hydrogen (secondary N) is 1. The molecule has 0 spiro atoms. The molecule has 4 nitrogen and oxygen atoms in total. The highest BCUT2D eigenvalue weighted by Gasteiger charge is 2.30. The molecule has 3 aromatic rings. The zero-order chi connectivity index (χ0) is 19.0. The molecule has 1 aliphatic rings. The molecule has 0 bridgehead atoms. The third kappa shape index (κ3) is 3.14. The molecule has 1 amide bonds. The molecule has 6 heteroatoms. The Bertz CT molecular complexity index is 1020. The summed E-state index contributed by atoms with van der Waals surface area (Å²) in [6, 6.07) is 12.2. The Labute approximate surface area is 154 Å². The van der Waals surface area contributed by atoms with Gasteiger partial charge in [-0.05, 0) is 30.7 Å². The third-order valence-corrected chi connectivity index (χ3v) is 4.63. The number of fused-ring (bicyclic) bond motifs is 1. The summed E-state index contributed by atoms with van der Waals surface area (Å²) < 4.78 is 32.8. The molecule has 1 aliphatic heterocycles. The quantitative estimate of drug-likeness (QED) is 0.756. The molecule has 27 heavy (non-hydrogen) atoms. The lowest BCUT2D eigenvalue weighted by Gasteiger charge is -2.15. The molecule has 1 atom stereocenters. The number of amides is 1. The Morgan fingerprint density at radius 3 is 2.81 bits per heavy atom. The number of ether oxygens (including phenoxy) is 1. The first-order chi connectivity index (χ1) is 13.0. The summed E-state index contributed by atoms with van der Waals surface area (Å²) in [7, 11) is 0. The van der Waals surface area contributed by atoms with E-state index in [9.17, 15) is 13.6 Å². The maximum atomic E-state index is 14.1. The molecule has 0 saturated carbocycles. The van der Waals surface area contributed by atoms with Crippen molar-refractivity contribution in [2.75, 3.05) is 6.61 Å². The van der Waals surface area contributed by atoms with Crippen LogP contribution < -0.4 is 10.1 Å². The number of carbonyl (C=O) groups excluding carboxylic acids is 1. The molecular weight excluding hydrogens is 350 g/mol. The summed E-state index contributed by atoms with van der Waals surface area (Å²) in [5.74, 6) is -1.67. The molecule has 1 unspecified atom stereocenters. The number of carbonyl (C=O) groups is 1. The molecule has 0 radical (unpaired) electrons. The van der Waals surface area contributed by atoms with Crippen LogP contribution >= 0.6 is 0 Å². The van der Waals surface area contributed by atoms with Gasteiger partial charge >= 0.3 is 0 Å². The molecule has 1 aromatic heterocycles. The molecule has 0 saturated heterocycles. The van der Waals surface area contributed by atoms with E-state index in [1.165, 1.54) is 0 Å². The van der Waals surface area contributed by atoms with Gasteiger partial charge in [0.1, 0.15) is 24.0 Å². The summed E-state index contributed by atoms with van der Waals surface area (Å²) in [6.45, 7) is 1.90. The van der Waals surface area contributed by atoms with Gasteiger partial charge in [0, 0.05) is 29.5 Å². The van der Waals surface area contributed by atoms with E-state index in [1.54, 1.807) is 18.3 Å². The lowest BCUT2D eigenvalue weighted by molar-refractivity contribution is 0.0929. The van der Waals surface area contributed by atoms with Crippen LogP contribution in [0.4, 0.5) is 8.78 Å². The van der Waals surface area contributed by atoms with Gasteiger partial charge in [0.25, 0.3) is 5.91 Å². The minimum Gasteiger partial charge on any atom is -0.490 e. The van der Waals surface area contributed by atoms with E-state index in [0.29, 0.717) is 5.56 Å². The van der Waals surface area contributed by atoms with Crippen LogP contribution in [0.25, 0.3) is 11.3 Å². The fourth-order valence-electron chi connectivity index (χ4n) is 3.31. The van der Waals surface area contributed by atoms with Gasteiger partial charge in [0.15, 0.2) is 0 Å². The Kier molecular flexibility index (Phi) is 4.32. The second-order valence-electron chi connectivity index (χ2n) is 6.33. The van der Waals surface area contributed by atoms with E-state index in [2.05, 4.69) is 10.3 Å². The minimum absolute atomic E-state index is 0.0560. The van der Waals surface area contributed by atoms with Gasteiger partial charge in [0.2, 0.25) is 0 Å². The second kappa shape index (κ2) is 6.79. The number of hydrogen-bond acceptors (Lipinski definition) is 3. The number of pyridine rings is 1. The van der Waals surface area contributed by atoms with Gasteiger partial charge in [-0.3, -0.25) is 9.78 Å². The maximum Gasteiger partial charge on any atom is 0.252 e. The molecular formula is C21H16F2N2O2. The highest BCUT2D eigenvalue weighted by Crippen LogP contribution is 2.35. The molecule has 136 valence electrons. The Morgan fingerprint density at radius 1 is 1.19 bits per heavy atom. The number of hydrogen-bond donors (Lipinski definition) is 1. The maximum absolute atomic E-state index is 14.1. The van der Waals surface area contributed by atoms with Crippen LogP contribution in [0.15, 0.2) is 54.7 Å². The van der Waals surface area contributed by atoms with Gasteiger partial charge in [-0.25, -0.2) is 8.78 Å². The lowest BCUT2D eigenvalue weighted by Crippen LogP contribution is -2.30. The number of aromatic nitrogens is 1. The summed E-state index contributed by atoms with van der Waals surface area (Å²) in [6.07, 6.45) is 1.69. The fourth-order valence-corrected chi connectivity index (χ4v) is 3.31. The first-order valence-corrected chi connectivity index (χ1v) is 8.48. The van der Waals surface area contributed by atoms with Crippen LogP contribution in [-0.2, 0) is 0 Å². The molecule has 0 aliphatic carbocycles. The van der Waals surface area contributed by atoms with Crippen LogP contribution in [0.2, 0.25) is 0 Å². The highest BCUT2D eigenvalue weighted by molar-refractivity contribution is 5.97. The Hall–Kier alpha value is -3.28. The minimum atomic E-state index is -0.730. The van der Waals surface area contributed by atoms with Crippen LogP contribution in [0, 0.1) is 18.6 Å². The van der Waals surface area contributed by atoms with Crippen molar-refractivity contribution in [3.63, 3.8) is 0 Å². The van der Waals surface area contributed by atoms with E-state index in [1.807, 2.05) is 31.2 Å². The van der Waals surface area contributed by atoms with Gasteiger partial charge in [-0.1, -0.05) is 18.2 Å². The molecule has 2 heterocycles. The average Bonchev–Trinajstić information content (AvgIpc) is 3.05. The number of nitrogens with zero attached hydrogens (tertiary/aromatic N) is 1. The van der Waals surface area contributed by atoms with Crippen LogP contribution in [-0.4, -0.2) is 17.5 Å². The summed E-state index contributed by atoms with van der Waals surface area (Å²) in [4.78, 5) is 17.1. The first-order valence-electron chi connectivity index (χ1n) is 8.48. The monoisotopic (exact) mass is 366 g/mol. The topological polar surface area (TPSA) is 51.2 Å².